The van der Waals surface area contributed by atoms with Gasteiger partial charge in [-0.1, -0.05) is 0 Å². The van der Waals surface area contributed by atoms with Crippen molar-refractivity contribution >= 4 is 33.2 Å². The molecule has 0 amide bonds. The summed E-state index contributed by atoms with van der Waals surface area (Å²) in [5.74, 6) is 0.986. The van der Waals surface area contributed by atoms with Gasteiger partial charge in [0, 0.05) is 16.2 Å². The summed E-state index contributed by atoms with van der Waals surface area (Å²) in [6.45, 7) is 0. The number of phenols is 1. The SMILES string of the molecule is COc1cc(O)c2cc(SC)sc2c1. The zero-order valence-electron chi connectivity index (χ0n) is 7.90. The Kier molecular flexibility index (Phi) is 2.56. The van der Waals surface area contributed by atoms with Crippen LogP contribution in [0.2, 0.25) is 0 Å². The van der Waals surface area contributed by atoms with Gasteiger partial charge in [0.1, 0.15) is 11.5 Å². The molecule has 1 aromatic heterocycles. The van der Waals surface area contributed by atoms with E-state index >= 15 is 0 Å². The van der Waals surface area contributed by atoms with Crippen molar-refractivity contribution in [3.63, 3.8) is 0 Å². The highest BCUT2D eigenvalue weighted by atomic mass is 32.2. The molecule has 0 unspecified atom stereocenters. The molecule has 1 aromatic carbocycles. The van der Waals surface area contributed by atoms with Crippen LogP contribution < -0.4 is 4.74 Å². The molecule has 2 nitrogen and oxygen atoms in total. The Hall–Kier alpha value is -0.870. The quantitative estimate of drug-likeness (QED) is 0.796. The number of hydrogen-bond donors (Lipinski definition) is 1. The number of ether oxygens (including phenoxy) is 1. The van der Waals surface area contributed by atoms with Crippen molar-refractivity contribution in [1.29, 1.82) is 0 Å². The Morgan fingerprint density at radius 3 is 2.79 bits per heavy atom. The lowest BCUT2D eigenvalue weighted by Crippen LogP contribution is -1.80. The second-order valence-corrected chi connectivity index (χ2v) is 5.02. The topological polar surface area (TPSA) is 29.5 Å². The van der Waals surface area contributed by atoms with Gasteiger partial charge in [0.15, 0.2) is 0 Å². The van der Waals surface area contributed by atoms with Gasteiger partial charge in [0.05, 0.1) is 11.3 Å². The average Bonchev–Trinajstić information content (AvgIpc) is 2.61. The highest BCUT2D eigenvalue weighted by Gasteiger charge is 2.07. The van der Waals surface area contributed by atoms with Crippen LogP contribution in [0.25, 0.3) is 10.1 Å². The van der Waals surface area contributed by atoms with Crippen LogP contribution in [-0.2, 0) is 0 Å². The van der Waals surface area contributed by atoms with E-state index < -0.39 is 0 Å². The van der Waals surface area contributed by atoms with Crippen LogP contribution in [0.1, 0.15) is 0 Å². The molecule has 0 aliphatic rings. The van der Waals surface area contributed by atoms with E-state index in [4.69, 9.17) is 4.74 Å². The number of thiophene rings is 1. The standard InChI is InChI=1S/C10H10O2S2/c1-12-6-3-8(11)7-5-10(13-2)14-9(7)4-6/h3-5,11H,1-2H3. The first-order chi connectivity index (χ1) is 6.74. The molecular formula is C10H10O2S2. The summed E-state index contributed by atoms with van der Waals surface area (Å²) in [4.78, 5) is 0. The summed E-state index contributed by atoms with van der Waals surface area (Å²) < 4.78 is 7.34. The Morgan fingerprint density at radius 1 is 1.36 bits per heavy atom. The Labute approximate surface area is 90.5 Å². The summed E-state index contributed by atoms with van der Waals surface area (Å²) in [6, 6.07) is 5.58. The fourth-order valence-electron chi connectivity index (χ4n) is 1.29. The van der Waals surface area contributed by atoms with Crippen molar-refractivity contribution in [2.45, 2.75) is 4.21 Å². The van der Waals surface area contributed by atoms with E-state index in [9.17, 15) is 5.11 Å². The van der Waals surface area contributed by atoms with Crippen molar-refractivity contribution in [1.82, 2.24) is 0 Å². The first-order valence-electron chi connectivity index (χ1n) is 4.09. The molecule has 0 bridgehead atoms. The lowest BCUT2D eigenvalue weighted by molar-refractivity contribution is 0.409. The first kappa shape index (κ1) is 9.68. The molecule has 0 aliphatic carbocycles. The van der Waals surface area contributed by atoms with Gasteiger partial charge in [-0.05, 0) is 18.4 Å². The lowest BCUT2D eigenvalue weighted by Gasteiger charge is -2.00. The smallest absolute Gasteiger partial charge is 0.127 e. The van der Waals surface area contributed by atoms with E-state index in [-0.39, 0.29) is 5.75 Å². The van der Waals surface area contributed by atoms with E-state index in [1.165, 1.54) is 4.21 Å². The van der Waals surface area contributed by atoms with Crippen LogP contribution in [-0.4, -0.2) is 18.5 Å². The molecule has 0 saturated heterocycles. The number of thioether (sulfide) groups is 1. The Morgan fingerprint density at radius 2 is 2.14 bits per heavy atom. The molecule has 14 heavy (non-hydrogen) atoms. The average molecular weight is 226 g/mol. The summed E-state index contributed by atoms with van der Waals surface area (Å²) in [6.07, 6.45) is 2.03. The minimum absolute atomic E-state index is 0.288. The molecule has 0 fully saturated rings. The zero-order valence-corrected chi connectivity index (χ0v) is 9.54. The van der Waals surface area contributed by atoms with Crippen LogP contribution in [0, 0.1) is 0 Å². The first-order valence-corrected chi connectivity index (χ1v) is 6.13. The van der Waals surface area contributed by atoms with Crippen LogP contribution in [0.3, 0.4) is 0 Å². The number of phenolic OH excluding ortho intramolecular Hbond substituents is 1. The molecule has 1 heterocycles. The molecule has 0 spiro atoms. The fraction of sp³-hybridized carbons (Fsp3) is 0.200. The molecule has 0 aliphatic heterocycles. The number of methoxy groups -OCH3 is 1. The molecule has 0 atom stereocenters. The second kappa shape index (κ2) is 3.71. The van der Waals surface area contributed by atoms with Crippen molar-refractivity contribution in [3.8, 4) is 11.5 Å². The third kappa shape index (κ3) is 1.55. The molecule has 4 heteroatoms. The van der Waals surface area contributed by atoms with Gasteiger partial charge in [-0.15, -0.1) is 23.1 Å². The molecule has 74 valence electrons. The molecule has 0 radical (unpaired) electrons. The lowest BCUT2D eigenvalue weighted by atomic mass is 10.2. The minimum atomic E-state index is 0.288. The van der Waals surface area contributed by atoms with Crippen molar-refractivity contribution in [2.24, 2.45) is 0 Å². The maximum Gasteiger partial charge on any atom is 0.127 e. The van der Waals surface area contributed by atoms with Crippen LogP contribution in [0.15, 0.2) is 22.4 Å². The normalized spacial score (nSPS) is 10.7. The van der Waals surface area contributed by atoms with E-state index in [1.54, 1.807) is 36.3 Å². The predicted octanol–water partition coefficient (Wildman–Crippen LogP) is 3.34. The second-order valence-electron chi connectivity index (χ2n) is 2.83. The van der Waals surface area contributed by atoms with Gasteiger partial charge in [-0.2, -0.15) is 0 Å². The maximum absolute atomic E-state index is 9.71. The van der Waals surface area contributed by atoms with Gasteiger partial charge in [0.2, 0.25) is 0 Å². The maximum atomic E-state index is 9.71. The van der Waals surface area contributed by atoms with Gasteiger partial charge in [-0.3, -0.25) is 0 Å². The number of aromatic hydroxyl groups is 1. The zero-order chi connectivity index (χ0) is 10.1. The molecule has 2 rings (SSSR count). The van der Waals surface area contributed by atoms with Crippen molar-refractivity contribution < 1.29 is 9.84 Å². The molecule has 2 aromatic rings. The van der Waals surface area contributed by atoms with Crippen LogP contribution in [0.5, 0.6) is 11.5 Å². The summed E-state index contributed by atoms with van der Waals surface area (Å²) in [7, 11) is 1.60. The van der Waals surface area contributed by atoms with Gasteiger partial charge in [0.25, 0.3) is 0 Å². The third-order valence-electron chi connectivity index (χ3n) is 2.00. The summed E-state index contributed by atoms with van der Waals surface area (Å²) in [5, 5.41) is 10.6. The van der Waals surface area contributed by atoms with Crippen LogP contribution >= 0.6 is 23.1 Å². The Balaban J connectivity index is 2.67. The van der Waals surface area contributed by atoms with Crippen LogP contribution in [0.4, 0.5) is 0 Å². The molecule has 1 N–H and O–H groups in total. The molecular weight excluding hydrogens is 216 g/mol. The monoisotopic (exact) mass is 226 g/mol. The van der Waals surface area contributed by atoms with E-state index in [0.717, 1.165) is 10.1 Å². The fourth-order valence-corrected chi connectivity index (χ4v) is 2.97. The van der Waals surface area contributed by atoms with E-state index in [2.05, 4.69) is 0 Å². The number of benzene rings is 1. The minimum Gasteiger partial charge on any atom is -0.507 e. The molecule has 0 saturated carbocycles. The highest BCUT2D eigenvalue weighted by Crippen LogP contribution is 2.38. The largest absolute Gasteiger partial charge is 0.507 e. The summed E-state index contributed by atoms with van der Waals surface area (Å²) >= 11 is 3.35. The number of fused-ring (bicyclic) bond motifs is 1. The number of rotatable bonds is 2. The Bertz CT molecular complexity index is 462. The van der Waals surface area contributed by atoms with Crippen molar-refractivity contribution in [2.75, 3.05) is 13.4 Å². The highest BCUT2D eigenvalue weighted by molar-refractivity contribution is 8.00. The van der Waals surface area contributed by atoms with E-state index in [0.29, 0.717) is 5.75 Å². The number of hydrogen-bond acceptors (Lipinski definition) is 4. The predicted molar refractivity (Wildman–Crippen MR) is 61.8 cm³/mol. The van der Waals surface area contributed by atoms with Gasteiger partial charge >= 0.3 is 0 Å². The van der Waals surface area contributed by atoms with Gasteiger partial charge in [-0.25, -0.2) is 0 Å². The summed E-state index contributed by atoms with van der Waals surface area (Å²) in [5.41, 5.74) is 0. The van der Waals surface area contributed by atoms with E-state index in [1.807, 2.05) is 18.4 Å². The van der Waals surface area contributed by atoms with Crippen molar-refractivity contribution in [3.05, 3.63) is 18.2 Å². The third-order valence-corrected chi connectivity index (χ3v) is 4.15. The van der Waals surface area contributed by atoms with Gasteiger partial charge < -0.3 is 9.84 Å².